The van der Waals surface area contributed by atoms with Crippen LogP contribution in [0.2, 0.25) is 0 Å². The largest absolute Gasteiger partial charge is 0.491 e. The zero-order valence-corrected chi connectivity index (χ0v) is 12.8. The molecule has 0 saturated heterocycles. The van der Waals surface area contributed by atoms with E-state index in [0.29, 0.717) is 24.3 Å². The molecule has 2 aromatic rings. The fraction of sp³-hybridized carbons (Fsp3) is 0.200. The molecule has 110 valence electrons. The highest BCUT2D eigenvalue weighted by molar-refractivity contribution is 9.10. The molecule has 0 spiro atoms. The van der Waals surface area contributed by atoms with E-state index >= 15 is 0 Å². The van der Waals surface area contributed by atoms with Crippen LogP contribution in [0.1, 0.15) is 5.56 Å². The molecule has 0 atom stereocenters. The molecule has 0 N–H and O–H groups in total. The molecular formula is C15H14BrNO4. The average Bonchev–Trinajstić information content (AvgIpc) is 2.49. The third-order valence-electron chi connectivity index (χ3n) is 2.72. The van der Waals surface area contributed by atoms with Crippen LogP contribution < -0.4 is 4.74 Å². The number of benzene rings is 2. The normalized spacial score (nSPS) is 10.3. The van der Waals surface area contributed by atoms with Gasteiger partial charge in [0, 0.05) is 6.07 Å². The summed E-state index contributed by atoms with van der Waals surface area (Å²) in [6.07, 6.45) is 0. The van der Waals surface area contributed by atoms with Crippen LogP contribution in [0.4, 0.5) is 5.69 Å². The van der Waals surface area contributed by atoms with Crippen LogP contribution in [-0.2, 0) is 11.3 Å². The number of nitro groups is 1. The summed E-state index contributed by atoms with van der Waals surface area (Å²) in [5, 5.41) is 10.8. The third kappa shape index (κ3) is 4.84. The Morgan fingerprint density at radius 3 is 2.57 bits per heavy atom. The fourth-order valence-corrected chi connectivity index (χ4v) is 2.10. The van der Waals surface area contributed by atoms with Crippen LogP contribution in [0.25, 0.3) is 0 Å². The maximum atomic E-state index is 10.8. The van der Waals surface area contributed by atoms with Crippen molar-refractivity contribution in [3.05, 3.63) is 68.7 Å². The number of halogens is 1. The smallest absolute Gasteiger partial charge is 0.283 e. The predicted molar refractivity (Wildman–Crippen MR) is 82.4 cm³/mol. The van der Waals surface area contributed by atoms with Gasteiger partial charge >= 0.3 is 0 Å². The highest BCUT2D eigenvalue weighted by Gasteiger charge is 2.12. The van der Waals surface area contributed by atoms with Gasteiger partial charge in [-0.05, 0) is 39.7 Å². The van der Waals surface area contributed by atoms with Crippen molar-refractivity contribution < 1.29 is 14.4 Å². The molecule has 0 bridgehead atoms. The third-order valence-corrected chi connectivity index (χ3v) is 3.39. The molecule has 0 unspecified atom stereocenters. The van der Waals surface area contributed by atoms with Crippen molar-refractivity contribution in [1.82, 2.24) is 0 Å². The second-order valence-electron chi connectivity index (χ2n) is 4.26. The summed E-state index contributed by atoms with van der Waals surface area (Å²) in [4.78, 5) is 10.4. The SMILES string of the molecule is O=[N+]([O-])c1cc(COCCOc2ccccc2)ccc1Br. The topological polar surface area (TPSA) is 61.6 Å². The maximum Gasteiger partial charge on any atom is 0.283 e. The second-order valence-corrected chi connectivity index (χ2v) is 5.11. The first kappa shape index (κ1) is 15.5. The minimum atomic E-state index is -0.425. The summed E-state index contributed by atoms with van der Waals surface area (Å²) >= 11 is 3.15. The van der Waals surface area contributed by atoms with Gasteiger partial charge in [-0.1, -0.05) is 24.3 Å². The lowest BCUT2D eigenvalue weighted by atomic mass is 10.2. The molecule has 0 aliphatic heterocycles. The summed E-state index contributed by atoms with van der Waals surface area (Å²) in [6.45, 7) is 1.16. The van der Waals surface area contributed by atoms with E-state index in [1.54, 1.807) is 12.1 Å². The lowest BCUT2D eigenvalue weighted by Gasteiger charge is -2.07. The quantitative estimate of drug-likeness (QED) is 0.430. The van der Waals surface area contributed by atoms with Gasteiger partial charge < -0.3 is 9.47 Å². The Morgan fingerprint density at radius 2 is 1.86 bits per heavy atom. The van der Waals surface area contributed by atoms with Crippen LogP contribution in [0.5, 0.6) is 5.75 Å². The summed E-state index contributed by atoms with van der Waals surface area (Å²) < 4.78 is 11.4. The Balaban J connectivity index is 1.76. The van der Waals surface area contributed by atoms with E-state index in [2.05, 4.69) is 15.9 Å². The van der Waals surface area contributed by atoms with Gasteiger partial charge in [0.1, 0.15) is 12.4 Å². The van der Waals surface area contributed by atoms with Gasteiger partial charge in [0.15, 0.2) is 0 Å². The first-order valence-electron chi connectivity index (χ1n) is 6.35. The van der Waals surface area contributed by atoms with Crippen molar-refractivity contribution in [2.45, 2.75) is 6.61 Å². The van der Waals surface area contributed by atoms with Crippen molar-refractivity contribution in [2.24, 2.45) is 0 Å². The van der Waals surface area contributed by atoms with Crippen LogP contribution in [0.3, 0.4) is 0 Å². The van der Waals surface area contributed by atoms with E-state index in [0.717, 1.165) is 11.3 Å². The van der Waals surface area contributed by atoms with Gasteiger partial charge in [-0.2, -0.15) is 0 Å². The van der Waals surface area contributed by atoms with Crippen molar-refractivity contribution in [1.29, 1.82) is 0 Å². The van der Waals surface area contributed by atoms with E-state index in [-0.39, 0.29) is 5.69 Å². The highest BCUT2D eigenvalue weighted by Crippen LogP contribution is 2.25. The van der Waals surface area contributed by atoms with Crippen LogP contribution in [-0.4, -0.2) is 18.1 Å². The van der Waals surface area contributed by atoms with Crippen molar-refractivity contribution in [3.8, 4) is 5.75 Å². The Hall–Kier alpha value is -1.92. The molecule has 0 fully saturated rings. The average molecular weight is 352 g/mol. The van der Waals surface area contributed by atoms with Crippen LogP contribution in [0.15, 0.2) is 53.0 Å². The van der Waals surface area contributed by atoms with Gasteiger partial charge in [-0.25, -0.2) is 0 Å². The van der Waals surface area contributed by atoms with Crippen LogP contribution in [0, 0.1) is 10.1 Å². The summed E-state index contributed by atoms with van der Waals surface area (Å²) in [7, 11) is 0. The maximum absolute atomic E-state index is 10.8. The van der Waals surface area contributed by atoms with E-state index in [4.69, 9.17) is 9.47 Å². The van der Waals surface area contributed by atoms with E-state index < -0.39 is 4.92 Å². The molecule has 0 saturated carbocycles. The standard InChI is InChI=1S/C15H14BrNO4/c16-14-7-6-12(10-15(14)17(18)19)11-20-8-9-21-13-4-2-1-3-5-13/h1-7,10H,8-9,11H2. The van der Waals surface area contributed by atoms with Gasteiger partial charge in [0.25, 0.3) is 5.69 Å². The summed E-state index contributed by atoms with van der Waals surface area (Å²) in [5.41, 5.74) is 0.793. The molecule has 0 heterocycles. The molecule has 2 aromatic carbocycles. The Kier molecular flexibility index (Phi) is 5.71. The van der Waals surface area contributed by atoms with Gasteiger partial charge in [0.05, 0.1) is 22.6 Å². The highest BCUT2D eigenvalue weighted by atomic mass is 79.9. The molecule has 6 heteroatoms. The first-order valence-corrected chi connectivity index (χ1v) is 7.14. The van der Waals surface area contributed by atoms with Crippen LogP contribution >= 0.6 is 15.9 Å². The van der Waals surface area contributed by atoms with E-state index in [9.17, 15) is 10.1 Å². The molecule has 2 rings (SSSR count). The number of rotatable bonds is 7. The van der Waals surface area contributed by atoms with Crippen molar-refractivity contribution >= 4 is 21.6 Å². The Labute approximate surface area is 130 Å². The molecule has 5 nitrogen and oxygen atoms in total. The molecule has 0 radical (unpaired) electrons. The Morgan fingerprint density at radius 1 is 1.10 bits per heavy atom. The number of nitrogens with zero attached hydrogens (tertiary/aromatic N) is 1. The summed E-state index contributed by atoms with van der Waals surface area (Å²) in [6, 6.07) is 14.4. The van der Waals surface area contributed by atoms with Crippen molar-refractivity contribution in [3.63, 3.8) is 0 Å². The number of ether oxygens (including phenoxy) is 2. The molecule has 0 aliphatic rings. The van der Waals surface area contributed by atoms with E-state index in [1.165, 1.54) is 6.07 Å². The number of hydrogen-bond donors (Lipinski definition) is 0. The number of para-hydroxylation sites is 1. The Bertz CT molecular complexity index is 604. The monoisotopic (exact) mass is 351 g/mol. The second kappa shape index (κ2) is 7.75. The zero-order valence-electron chi connectivity index (χ0n) is 11.2. The zero-order chi connectivity index (χ0) is 15.1. The predicted octanol–water partition coefficient (Wildman–Crippen LogP) is 3.95. The number of nitro benzene ring substituents is 1. The minimum absolute atomic E-state index is 0.0386. The first-order chi connectivity index (χ1) is 10.2. The van der Waals surface area contributed by atoms with Gasteiger partial charge in [0.2, 0.25) is 0 Å². The lowest BCUT2D eigenvalue weighted by Crippen LogP contribution is -2.06. The lowest BCUT2D eigenvalue weighted by molar-refractivity contribution is -0.385. The number of hydrogen-bond acceptors (Lipinski definition) is 4. The molecule has 0 amide bonds. The fourth-order valence-electron chi connectivity index (χ4n) is 1.71. The molecular weight excluding hydrogens is 338 g/mol. The van der Waals surface area contributed by atoms with Gasteiger partial charge in [-0.15, -0.1) is 0 Å². The van der Waals surface area contributed by atoms with Gasteiger partial charge in [-0.3, -0.25) is 10.1 Å². The van der Waals surface area contributed by atoms with Crippen molar-refractivity contribution in [2.75, 3.05) is 13.2 Å². The molecule has 0 aromatic heterocycles. The molecule has 0 aliphatic carbocycles. The summed E-state index contributed by atoms with van der Waals surface area (Å²) in [5.74, 6) is 0.792. The molecule has 21 heavy (non-hydrogen) atoms. The minimum Gasteiger partial charge on any atom is -0.491 e. The van der Waals surface area contributed by atoms with E-state index in [1.807, 2.05) is 30.3 Å².